The summed E-state index contributed by atoms with van der Waals surface area (Å²) >= 11 is 0. The summed E-state index contributed by atoms with van der Waals surface area (Å²) in [5.41, 5.74) is 3.53. The summed E-state index contributed by atoms with van der Waals surface area (Å²) in [5, 5.41) is 11.2. The number of hydrogen-bond donors (Lipinski definition) is 3. The molecule has 0 radical (unpaired) electrons. The number of anilines is 2. The molecule has 0 aliphatic rings. The van der Waals surface area contributed by atoms with Gasteiger partial charge in [-0.3, -0.25) is 0 Å². The van der Waals surface area contributed by atoms with E-state index in [1.165, 1.54) is 0 Å². The molecule has 8 nitrogen and oxygen atoms in total. The van der Waals surface area contributed by atoms with Crippen LogP contribution in [0.25, 0.3) is 0 Å². The molecule has 0 amide bonds. The molecule has 0 fully saturated rings. The summed E-state index contributed by atoms with van der Waals surface area (Å²) in [7, 11) is 1.93. The number of nitrogens with zero attached hydrogens (tertiary/aromatic N) is 5. The van der Waals surface area contributed by atoms with Crippen molar-refractivity contribution >= 4 is 11.6 Å². The average molecular weight is 290 g/mol. The second-order valence-electron chi connectivity index (χ2n) is 5.24. The topological polar surface area (TPSA) is 107 Å². The maximum Gasteiger partial charge on any atom is 0.148 e. The normalized spacial score (nSPS) is 11.0. The minimum Gasteiger partial charge on any atom is -0.369 e. The molecule has 4 N–H and O–H groups in total. The van der Waals surface area contributed by atoms with Crippen molar-refractivity contribution in [2.24, 2.45) is 12.9 Å². The first-order chi connectivity index (χ1) is 10.0. The SMILES string of the molecule is Cc1c(NN)nc(C(C)C)nc1NCCc1nncn1C. The highest BCUT2D eigenvalue weighted by Crippen LogP contribution is 2.22. The number of nitrogens with one attached hydrogen (secondary N) is 2. The van der Waals surface area contributed by atoms with Crippen molar-refractivity contribution < 1.29 is 0 Å². The Kier molecular flexibility index (Phi) is 4.69. The molecule has 2 rings (SSSR count). The molecule has 0 saturated heterocycles. The van der Waals surface area contributed by atoms with Gasteiger partial charge in [-0.2, -0.15) is 0 Å². The van der Waals surface area contributed by atoms with Crippen molar-refractivity contribution in [1.82, 2.24) is 24.7 Å². The second kappa shape index (κ2) is 6.49. The predicted molar refractivity (Wildman–Crippen MR) is 81.9 cm³/mol. The highest BCUT2D eigenvalue weighted by molar-refractivity contribution is 5.56. The van der Waals surface area contributed by atoms with Gasteiger partial charge in [-0.15, -0.1) is 10.2 Å². The molecule has 0 bridgehead atoms. The molecule has 21 heavy (non-hydrogen) atoms. The van der Waals surface area contributed by atoms with Crippen LogP contribution in [0.4, 0.5) is 11.6 Å². The van der Waals surface area contributed by atoms with Crippen molar-refractivity contribution in [3.8, 4) is 0 Å². The lowest BCUT2D eigenvalue weighted by Gasteiger charge is -2.14. The third kappa shape index (κ3) is 3.46. The number of rotatable bonds is 6. The second-order valence-corrected chi connectivity index (χ2v) is 5.24. The lowest BCUT2D eigenvalue weighted by atomic mass is 10.2. The van der Waals surface area contributed by atoms with Crippen LogP contribution < -0.4 is 16.6 Å². The fourth-order valence-corrected chi connectivity index (χ4v) is 1.93. The monoisotopic (exact) mass is 290 g/mol. The lowest BCUT2D eigenvalue weighted by Crippen LogP contribution is -2.17. The molecule has 0 unspecified atom stereocenters. The fourth-order valence-electron chi connectivity index (χ4n) is 1.93. The molecule has 0 spiro atoms. The van der Waals surface area contributed by atoms with E-state index in [4.69, 9.17) is 5.84 Å². The van der Waals surface area contributed by atoms with Gasteiger partial charge in [0.2, 0.25) is 0 Å². The number of hydrazine groups is 1. The molecule has 0 saturated carbocycles. The van der Waals surface area contributed by atoms with Crippen LogP contribution in [0.1, 0.15) is 37.0 Å². The van der Waals surface area contributed by atoms with E-state index < -0.39 is 0 Å². The third-order valence-corrected chi connectivity index (χ3v) is 3.26. The van der Waals surface area contributed by atoms with Crippen LogP contribution in [-0.2, 0) is 13.5 Å². The van der Waals surface area contributed by atoms with Crippen LogP contribution in [0.2, 0.25) is 0 Å². The van der Waals surface area contributed by atoms with Crippen LogP contribution in [0, 0.1) is 6.92 Å². The molecule has 2 aromatic rings. The Morgan fingerprint density at radius 3 is 2.57 bits per heavy atom. The highest BCUT2D eigenvalue weighted by atomic mass is 15.3. The van der Waals surface area contributed by atoms with Crippen LogP contribution in [0.5, 0.6) is 0 Å². The zero-order chi connectivity index (χ0) is 15.4. The van der Waals surface area contributed by atoms with Crippen LogP contribution in [0.15, 0.2) is 6.33 Å². The van der Waals surface area contributed by atoms with Crippen molar-refractivity contribution in [3.63, 3.8) is 0 Å². The first kappa shape index (κ1) is 15.2. The molecule has 0 aliphatic heterocycles. The van der Waals surface area contributed by atoms with Gasteiger partial charge in [-0.1, -0.05) is 13.8 Å². The van der Waals surface area contributed by atoms with Crippen LogP contribution in [-0.4, -0.2) is 31.3 Å². The number of aromatic nitrogens is 5. The van der Waals surface area contributed by atoms with E-state index in [1.54, 1.807) is 6.33 Å². The quantitative estimate of drug-likeness (QED) is 0.537. The van der Waals surface area contributed by atoms with Crippen molar-refractivity contribution in [2.45, 2.75) is 33.1 Å². The van der Waals surface area contributed by atoms with Gasteiger partial charge < -0.3 is 15.3 Å². The molecular weight excluding hydrogens is 268 g/mol. The Bertz CT molecular complexity index is 604. The van der Waals surface area contributed by atoms with Gasteiger partial charge in [0, 0.05) is 31.5 Å². The maximum absolute atomic E-state index is 5.52. The van der Waals surface area contributed by atoms with E-state index in [0.717, 1.165) is 29.5 Å². The molecule has 114 valence electrons. The van der Waals surface area contributed by atoms with E-state index >= 15 is 0 Å². The fraction of sp³-hybridized carbons (Fsp3) is 0.538. The lowest BCUT2D eigenvalue weighted by molar-refractivity contribution is 0.765. The molecule has 0 aromatic carbocycles. The zero-order valence-electron chi connectivity index (χ0n) is 12.9. The first-order valence-corrected chi connectivity index (χ1v) is 6.94. The molecule has 2 heterocycles. The molecular formula is C13H22N8. The summed E-state index contributed by atoms with van der Waals surface area (Å²) in [6.45, 7) is 6.75. The third-order valence-electron chi connectivity index (χ3n) is 3.26. The van der Waals surface area contributed by atoms with Gasteiger partial charge in [0.15, 0.2) is 0 Å². The van der Waals surface area contributed by atoms with Gasteiger partial charge >= 0.3 is 0 Å². The summed E-state index contributed by atoms with van der Waals surface area (Å²) < 4.78 is 1.90. The van der Waals surface area contributed by atoms with Gasteiger partial charge in [0.05, 0.1) is 0 Å². The molecule has 0 aliphatic carbocycles. The molecule has 0 atom stereocenters. The Morgan fingerprint density at radius 1 is 1.29 bits per heavy atom. The highest BCUT2D eigenvalue weighted by Gasteiger charge is 2.12. The molecule has 8 heteroatoms. The standard InChI is InChI=1S/C13H22N8/c1-8(2)11-17-12(9(3)13(18-11)19-14)15-6-5-10-20-16-7-21(10)4/h7-8H,5-6,14H2,1-4H3,(H2,15,17,18,19). The van der Waals surface area contributed by atoms with Crippen LogP contribution >= 0.6 is 0 Å². The van der Waals surface area contributed by atoms with Gasteiger partial charge in [0.1, 0.15) is 29.6 Å². The number of nitrogen functional groups attached to an aromatic ring is 1. The summed E-state index contributed by atoms with van der Waals surface area (Å²) in [6, 6.07) is 0. The largest absolute Gasteiger partial charge is 0.369 e. The van der Waals surface area contributed by atoms with Crippen molar-refractivity contribution in [3.05, 3.63) is 23.5 Å². The van der Waals surface area contributed by atoms with E-state index in [9.17, 15) is 0 Å². The van der Waals surface area contributed by atoms with Gasteiger partial charge in [-0.05, 0) is 6.92 Å². The summed E-state index contributed by atoms with van der Waals surface area (Å²) in [5.74, 6) is 8.89. The van der Waals surface area contributed by atoms with Gasteiger partial charge in [0.25, 0.3) is 0 Å². The smallest absolute Gasteiger partial charge is 0.148 e. The minimum atomic E-state index is 0.233. The van der Waals surface area contributed by atoms with E-state index in [2.05, 4.69) is 30.9 Å². The molecule has 2 aromatic heterocycles. The Hall–Kier alpha value is -2.22. The number of hydrogen-bond acceptors (Lipinski definition) is 7. The summed E-state index contributed by atoms with van der Waals surface area (Å²) in [4.78, 5) is 8.97. The minimum absolute atomic E-state index is 0.233. The van der Waals surface area contributed by atoms with E-state index in [1.807, 2.05) is 32.4 Å². The first-order valence-electron chi connectivity index (χ1n) is 6.94. The maximum atomic E-state index is 5.52. The Morgan fingerprint density at radius 2 is 2.00 bits per heavy atom. The van der Waals surface area contributed by atoms with Crippen molar-refractivity contribution in [2.75, 3.05) is 17.3 Å². The predicted octanol–water partition coefficient (Wildman–Crippen LogP) is 0.977. The van der Waals surface area contributed by atoms with Gasteiger partial charge in [-0.25, -0.2) is 15.8 Å². The van der Waals surface area contributed by atoms with E-state index in [-0.39, 0.29) is 5.92 Å². The van der Waals surface area contributed by atoms with E-state index in [0.29, 0.717) is 12.4 Å². The van der Waals surface area contributed by atoms with Crippen molar-refractivity contribution in [1.29, 1.82) is 0 Å². The van der Waals surface area contributed by atoms with Crippen LogP contribution in [0.3, 0.4) is 0 Å². The Balaban J connectivity index is 2.11. The zero-order valence-corrected chi connectivity index (χ0v) is 12.9. The number of aryl methyl sites for hydroxylation is 1. The average Bonchev–Trinajstić information content (AvgIpc) is 2.86. The Labute approximate surface area is 124 Å². The summed E-state index contributed by atoms with van der Waals surface area (Å²) in [6.07, 6.45) is 2.46. The number of nitrogens with two attached hydrogens (primary N) is 1.